The number of carboxylic acids is 1. The van der Waals surface area contributed by atoms with E-state index < -0.39 is 5.97 Å². The molecule has 108 valence electrons. The average Bonchev–Trinajstić information content (AvgIpc) is 2.49. The van der Waals surface area contributed by atoms with E-state index in [0.717, 1.165) is 27.9 Å². The van der Waals surface area contributed by atoms with Gasteiger partial charge in [-0.2, -0.15) is 0 Å². The molecule has 0 bridgehead atoms. The van der Waals surface area contributed by atoms with Gasteiger partial charge in [0.1, 0.15) is 5.75 Å². The molecule has 0 saturated carbocycles. The largest absolute Gasteiger partial charge is 0.493 e. The van der Waals surface area contributed by atoms with Crippen molar-refractivity contribution in [2.24, 2.45) is 0 Å². The van der Waals surface area contributed by atoms with Crippen LogP contribution in [0.4, 0.5) is 5.69 Å². The summed E-state index contributed by atoms with van der Waals surface area (Å²) in [5, 5.41) is 12.4. The first-order chi connectivity index (χ1) is 10.1. The standard InChI is InChI=1S/C16H14BrNO3/c17-12-9-10(16(19)20)5-6-14(12)18-13-7-8-21-15-4-2-1-3-11(13)15/h1-6,9,13,18H,7-8H2,(H,19,20). The van der Waals surface area contributed by atoms with Crippen LogP contribution >= 0.6 is 15.9 Å². The minimum absolute atomic E-state index is 0.155. The van der Waals surface area contributed by atoms with Gasteiger partial charge in [-0.3, -0.25) is 0 Å². The van der Waals surface area contributed by atoms with E-state index in [1.54, 1.807) is 18.2 Å². The fourth-order valence-corrected chi connectivity index (χ4v) is 2.94. The first-order valence-electron chi connectivity index (χ1n) is 6.66. The van der Waals surface area contributed by atoms with Crippen molar-refractivity contribution in [3.05, 3.63) is 58.1 Å². The number of rotatable bonds is 3. The second-order valence-corrected chi connectivity index (χ2v) is 5.73. The summed E-state index contributed by atoms with van der Waals surface area (Å²) in [5.41, 5.74) is 2.26. The first-order valence-corrected chi connectivity index (χ1v) is 7.45. The summed E-state index contributed by atoms with van der Waals surface area (Å²) >= 11 is 3.43. The second kappa shape index (κ2) is 5.77. The number of hydrogen-bond donors (Lipinski definition) is 2. The first kappa shape index (κ1) is 13.9. The van der Waals surface area contributed by atoms with Gasteiger partial charge < -0.3 is 15.2 Å². The predicted molar refractivity (Wildman–Crippen MR) is 84.0 cm³/mol. The van der Waals surface area contributed by atoms with E-state index in [2.05, 4.69) is 21.2 Å². The summed E-state index contributed by atoms with van der Waals surface area (Å²) in [6.45, 7) is 0.666. The van der Waals surface area contributed by atoms with E-state index in [0.29, 0.717) is 6.61 Å². The molecule has 5 heteroatoms. The van der Waals surface area contributed by atoms with Crippen molar-refractivity contribution in [1.29, 1.82) is 0 Å². The highest BCUT2D eigenvalue weighted by atomic mass is 79.9. The molecule has 1 atom stereocenters. The van der Waals surface area contributed by atoms with Crippen molar-refractivity contribution in [1.82, 2.24) is 0 Å². The molecule has 0 spiro atoms. The highest BCUT2D eigenvalue weighted by Gasteiger charge is 2.21. The van der Waals surface area contributed by atoms with E-state index in [4.69, 9.17) is 9.84 Å². The molecule has 3 rings (SSSR count). The Morgan fingerprint density at radius 1 is 1.29 bits per heavy atom. The van der Waals surface area contributed by atoms with Crippen LogP contribution in [0.15, 0.2) is 46.9 Å². The Balaban J connectivity index is 1.86. The lowest BCUT2D eigenvalue weighted by atomic mass is 10.00. The van der Waals surface area contributed by atoms with Gasteiger partial charge in [0.05, 0.1) is 18.2 Å². The number of fused-ring (bicyclic) bond motifs is 1. The molecule has 1 aliphatic rings. The smallest absolute Gasteiger partial charge is 0.335 e. The molecule has 2 N–H and O–H groups in total. The van der Waals surface area contributed by atoms with E-state index in [1.807, 2.05) is 24.3 Å². The number of halogens is 1. The van der Waals surface area contributed by atoms with Crippen LogP contribution in [0.25, 0.3) is 0 Å². The van der Waals surface area contributed by atoms with Gasteiger partial charge in [0.25, 0.3) is 0 Å². The highest BCUT2D eigenvalue weighted by Crippen LogP contribution is 2.35. The van der Waals surface area contributed by atoms with Crippen molar-refractivity contribution in [2.45, 2.75) is 12.5 Å². The quantitative estimate of drug-likeness (QED) is 0.878. The lowest BCUT2D eigenvalue weighted by Gasteiger charge is -2.27. The fraction of sp³-hybridized carbons (Fsp3) is 0.188. The molecule has 1 aliphatic heterocycles. The van der Waals surface area contributed by atoms with Crippen LogP contribution in [0.1, 0.15) is 28.4 Å². The van der Waals surface area contributed by atoms with Crippen molar-refractivity contribution in [3.8, 4) is 5.75 Å². The topological polar surface area (TPSA) is 58.6 Å². The van der Waals surface area contributed by atoms with E-state index in [1.165, 1.54) is 0 Å². The molecule has 21 heavy (non-hydrogen) atoms. The van der Waals surface area contributed by atoms with Crippen LogP contribution in [0.2, 0.25) is 0 Å². The Hall–Kier alpha value is -2.01. The van der Waals surface area contributed by atoms with Gasteiger partial charge in [0.2, 0.25) is 0 Å². The third-order valence-electron chi connectivity index (χ3n) is 3.50. The van der Waals surface area contributed by atoms with Gasteiger partial charge in [-0.15, -0.1) is 0 Å². The molecular formula is C16H14BrNO3. The van der Waals surface area contributed by atoms with E-state index in [9.17, 15) is 4.79 Å². The molecule has 0 radical (unpaired) electrons. The molecule has 1 unspecified atom stereocenters. The molecule has 4 nitrogen and oxygen atoms in total. The van der Waals surface area contributed by atoms with E-state index in [-0.39, 0.29) is 11.6 Å². The maximum Gasteiger partial charge on any atom is 0.335 e. The third-order valence-corrected chi connectivity index (χ3v) is 4.16. The third kappa shape index (κ3) is 2.88. The minimum atomic E-state index is -0.932. The van der Waals surface area contributed by atoms with Crippen molar-refractivity contribution >= 4 is 27.6 Å². The van der Waals surface area contributed by atoms with Gasteiger partial charge >= 0.3 is 5.97 Å². The van der Waals surface area contributed by atoms with Crippen molar-refractivity contribution in [2.75, 3.05) is 11.9 Å². The molecule has 0 amide bonds. The molecule has 0 saturated heterocycles. The van der Waals surface area contributed by atoms with Crippen molar-refractivity contribution in [3.63, 3.8) is 0 Å². The van der Waals surface area contributed by atoms with Gasteiger partial charge in [-0.1, -0.05) is 18.2 Å². The number of anilines is 1. The van der Waals surface area contributed by atoms with Gasteiger partial charge in [-0.25, -0.2) is 4.79 Å². The Kier molecular flexibility index (Phi) is 3.84. The number of aromatic carboxylic acids is 1. The van der Waals surface area contributed by atoms with Crippen LogP contribution in [0, 0.1) is 0 Å². The van der Waals surface area contributed by atoms with Gasteiger partial charge in [0, 0.05) is 22.1 Å². The number of carbonyl (C=O) groups is 1. The second-order valence-electron chi connectivity index (χ2n) is 4.87. The summed E-state index contributed by atoms with van der Waals surface area (Å²) in [6.07, 6.45) is 0.865. The number of carboxylic acid groups (broad SMARTS) is 1. The monoisotopic (exact) mass is 347 g/mol. The summed E-state index contributed by atoms with van der Waals surface area (Å²) in [6, 6.07) is 13.1. The van der Waals surface area contributed by atoms with Crippen LogP contribution in [0.3, 0.4) is 0 Å². The van der Waals surface area contributed by atoms with Gasteiger partial charge in [-0.05, 0) is 40.2 Å². The lowest BCUT2D eigenvalue weighted by molar-refractivity contribution is 0.0697. The maximum absolute atomic E-state index is 11.0. The number of ether oxygens (including phenoxy) is 1. The molecule has 0 fully saturated rings. The number of benzene rings is 2. The summed E-state index contributed by atoms with van der Waals surface area (Å²) in [7, 11) is 0. The normalized spacial score (nSPS) is 16.7. The summed E-state index contributed by atoms with van der Waals surface area (Å²) in [4.78, 5) is 11.0. The molecular weight excluding hydrogens is 334 g/mol. The zero-order valence-corrected chi connectivity index (χ0v) is 12.8. The summed E-state index contributed by atoms with van der Waals surface area (Å²) < 4.78 is 6.38. The SMILES string of the molecule is O=C(O)c1ccc(NC2CCOc3ccccc32)c(Br)c1. The van der Waals surface area contributed by atoms with Crippen molar-refractivity contribution < 1.29 is 14.6 Å². The molecule has 2 aromatic carbocycles. The highest BCUT2D eigenvalue weighted by molar-refractivity contribution is 9.10. The molecule has 1 heterocycles. The van der Waals surface area contributed by atoms with Crippen LogP contribution in [-0.4, -0.2) is 17.7 Å². The zero-order valence-electron chi connectivity index (χ0n) is 11.2. The summed E-state index contributed by atoms with van der Waals surface area (Å²) in [5.74, 6) is -0.0295. The van der Waals surface area contributed by atoms with Crippen LogP contribution in [-0.2, 0) is 0 Å². The average molecular weight is 348 g/mol. The number of hydrogen-bond acceptors (Lipinski definition) is 3. The maximum atomic E-state index is 11.0. The zero-order chi connectivity index (χ0) is 14.8. The van der Waals surface area contributed by atoms with Crippen LogP contribution < -0.4 is 10.1 Å². The lowest BCUT2D eigenvalue weighted by Crippen LogP contribution is -2.20. The predicted octanol–water partition coefficient (Wildman–Crippen LogP) is 4.08. The Morgan fingerprint density at radius 3 is 2.86 bits per heavy atom. The fourth-order valence-electron chi connectivity index (χ4n) is 2.44. The van der Waals surface area contributed by atoms with Crippen LogP contribution in [0.5, 0.6) is 5.75 Å². The van der Waals surface area contributed by atoms with Gasteiger partial charge in [0.15, 0.2) is 0 Å². The molecule has 0 aliphatic carbocycles. The van der Waals surface area contributed by atoms with E-state index >= 15 is 0 Å². The number of nitrogens with one attached hydrogen (secondary N) is 1. The molecule has 0 aromatic heterocycles. The minimum Gasteiger partial charge on any atom is -0.493 e. The molecule has 2 aromatic rings. The Labute approximate surface area is 130 Å². The Morgan fingerprint density at radius 2 is 2.10 bits per heavy atom. The Bertz CT molecular complexity index is 687. The number of para-hydroxylation sites is 1.